The molecule has 0 spiro atoms. The number of hydrogen-bond acceptors (Lipinski definition) is 4. The maximum atomic E-state index is 10.8. The first-order valence-corrected chi connectivity index (χ1v) is 6.05. The van der Waals surface area contributed by atoms with E-state index >= 15 is 0 Å². The molecule has 1 aromatic rings. The summed E-state index contributed by atoms with van der Waals surface area (Å²) in [5.41, 5.74) is 0. The molecule has 0 bridgehead atoms. The van der Waals surface area contributed by atoms with Crippen LogP contribution in [0.4, 0.5) is 5.00 Å². The fourth-order valence-corrected chi connectivity index (χ4v) is 2.80. The Morgan fingerprint density at radius 3 is 2.62 bits per heavy atom. The van der Waals surface area contributed by atoms with E-state index in [1.54, 1.807) is 6.07 Å². The highest BCUT2D eigenvalue weighted by atomic mass is 32.1. The highest BCUT2D eigenvalue weighted by molar-refractivity contribution is 7.17. The van der Waals surface area contributed by atoms with Gasteiger partial charge in [0.15, 0.2) is 6.29 Å². The largest absolute Gasteiger partial charge is 0.481 e. The number of carbonyl (C=O) groups excluding carboxylic acids is 1. The van der Waals surface area contributed by atoms with E-state index in [-0.39, 0.29) is 5.92 Å². The zero-order chi connectivity index (χ0) is 11.5. The topological polar surface area (TPSA) is 57.6 Å². The van der Waals surface area contributed by atoms with Gasteiger partial charge in [-0.3, -0.25) is 9.59 Å². The lowest BCUT2D eigenvalue weighted by Crippen LogP contribution is -2.35. The summed E-state index contributed by atoms with van der Waals surface area (Å²) in [6, 6.07) is 3.73. The molecule has 1 N–H and O–H groups in total. The molecule has 86 valence electrons. The van der Waals surface area contributed by atoms with Gasteiger partial charge in [0.1, 0.15) is 0 Å². The lowest BCUT2D eigenvalue weighted by atomic mass is 9.97. The summed E-state index contributed by atoms with van der Waals surface area (Å²) in [7, 11) is 0. The SMILES string of the molecule is O=Cc1ccc(N2CCC(C(=O)O)CC2)s1. The van der Waals surface area contributed by atoms with E-state index < -0.39 is 5.97 Å². The first-order valence-electron chi connectivity index (χ1n) is 5.23. The second-order valence-electron chi connectivity index (χ2n) is 3.89. The van der Waals surface area contributed by atoms with Gasteiger partial charge in [0.05, 0.1) is 15.8 Å². The number of carboxylic acid groups (broad SMARTS) is 1. The fraction of sp³-hybridized carbons (Fsp3) is 0.455. The zero-order valence-corrected chi connectivity index (χ0v) is 9.57. The zero-order valence-electron chi connectivity index (χ0n) is 8.76. The number of anilines is 1. The third-order valence-corrected chi connectivity index (χ3v) is 3.96. The normalized spacial score (nSPS) is 17.4. The van der Waals surface area contributed by atoms with Crippen molar-refractivity contribution in [3.05, 3.63) is 17.0 Å². The molecule has 1 saturated heterocycles. The maximum absolute atomic E-state index is 10.8. The summed E-state index contributed by atoms with van der Waals surface area (Å²) in [5, 5.41) is 9.94. The Morgan fingerprint density at radius 2 is 2.12 bits per heavy atom. The number of rotatable bonds is 3. The molecular formula is C11H13NO3S. The first-order chi connectivity index (χ1) is 7.70. The van der Waals surface area contributed by atoms with Crippen molar-refractivity contribution in [1.29, 1.82) is 0 Å². The molecule has 1 fully saturated rings. The molecule has 1 aliphatic heterocycles. The minimum Gasteiger partial charge on any atom is -0.481 e. The molecule has 2 heterocycles. The number of carbonyl (C=O) groups is 2. The van der Waals surface area contributed by atoms with Crippen molar-refractivity contribution in [3.63, 3.8) is 0 Å². The van der Waals surface area contributed by atoms with Crippen molar-refractivity contribution in [2.45, 2.75) is 12.8 Å². The Bertz CT molecular complexity index is 394. The highest BCUT2D eigenvalue weighted by Gasteiger charge is 2.25. The summed E-state index contributed by atoms with van der Waals surface area (Å²) in [4.78, 5) is 24.2. The average Bonchev–Trinajstić information content (AvgIpc) is 2.77. The van der Waals surface area contributed by atoms with E-state index in [2.05, 4.69) is 4.90 Å². The molecule has 0 saturated carbocycles. The van der Waals surface area contributed by atoms with Gasteiger partial charge in [0.25, 0.3) is 0 Å². The highest BCUT2D eigenvalue weighted by Crippen LogP contribution is 2.29. The van der Waals surface area contributed by atoms with Crippen LogP contribution in [0.2, 0.25) is 0 Å². The fourth-order valence-electron chi connectivity index (χ4n) is 1.92. The van der Waals surface area contributed by atoms with Crippen molar-refractivity contribution in [2.75, 3.05) is 18.0 Å². The Kier molecular flexibility index (Phi) is 3.24. The van der Waals surface area contributed by atoms with Gasteiger partial charge in [0, 0.05) is 13.1 Å². The number of piperidine rings is 1. The molecule has 1 aliphatic rings. The van der Waals surface area contributed by atoms with Crippen molar-refractivity contribution < 1.29 is 14.7 Å². The Hall–Kier alpha value is -1.36. The molecular weight excluding hydrogens is 226 g/mol. The number of thiophene rings is 1. The van der Waals surface area contributed by atoms with Crippen LogP contribution in [0.5, 0.6) is 0 Å². The van der Waals surface area contributed by atoms with Gasteiger partial charge >= 0.3 is 5.97 Å². The molecule has 5 heteroatoms. The van der Waals surface area contributed by atoms with Crippen LogP contribution >= 0.6 is 11.3 Å². The minimum absolute atomic E-state index is 0.207. The monoisotopic (exact) mass is 239 g/mol. The lowest BCUT2D eigenvalue weighted by Gasteiger charge is -2.30. The molecule has 0 radical (unpaired) electrons. The Morgan fingerprint density at radius 1 is 1.44 bits per heavy atom. The summed E-state index contributed by atoms with van der Waals surface area (Å²) < 4.78 is 0. The smallest absolute Gasteiger partial charge is 0.306 e. The number of nitrogens with zero attached hydrogens (tertiary/aromatic N) is 1. The van der Waals surface area contributed by atoms with E-state index in [0.29, 0.717) is 12.8 Å². The first kappa shape index (κ1) is 11.1. The molecule has 0 aliphatic carbocycles. The molecule has 0 unspecified atom stereocenters. The molecule has 16 heavy (non-hydrogen) atoms. The van der Waals surface area contributed by atoms with Gasteiger partial charge < -0.3 is 10.0 Å². The molecule has 1 aromatic heterocycles. The quantitative estimate of drug-likeness (QED) is 0.818. The average molecular weight is 239 g/mol. The summed E-state index contributed by atoms with van der Waals surface area (Å²) in [6.07, 6.45) is 2.21. The van der Waals surface area contributed by atoms with E-state index in [0.717, 1.165) is 29.3 Å². The van der Waals surface area contributed by atoms with Crippen LogP contribution in [0.15, 0.2) is 12.1 Å². The van der Waals surface area contributed by atoms with E-state index in [9.17, 15) is 9.59 Å². The second-order valence-corrected chi connectivity index (χ2v) is 4.99. The van der Waals surface area contributed by atoms with Gasteiger partial charge in [-0.15, -0.1) is 11.3 Å². The number of carboxylic acids is 1. The third kappa shape index (κ3) is 2.24. The van der Waals surface area contributed by atoms with Crippen LogP contribution < -0.4 is 4.90 Å². The number of hydrogen-bond donors (Lipinski definition) is 1. The second kappa shape index (κ2) is 4.65. The summed E-state index contributed by atoms with van der Waals surface area (Å²) in [6.45, 7) is 1.52. The van der Waals surface area contributed by atoms with Crippen LogP contribution in [-0.4, -0.2) is 30.5 Å². The summed E-state index contributed by atoms with van der Waals surface area (Å²) in [5.74, 6) is -0.902. The molecule has 2 rings (SSSR count). The van der Waals surface area contributed by atoms with Crippen molar-refractivity contribution in [3.8, 4) is 0 Å². The van der Waals surface area contributed by atoms with Crippen LogP contribution in [0.1, 0.15) is 22.5 Å². The summed E-state index contributed by atoms with van der Waals surface area (Å²) >= 11 is 1.46. The predicted octanol–water partition coefficient (Wildman–Crippen LogP) is 1.86. The van der Waals surface area contributed by atoms with Gasteiger partial charge in [-0.2, -0.15) is 0 Å². The Balaban J connectivity index is 1.98. The van der Waals surface area contributed by atoms with Crippen molar-refractivity contribution >= 4 is 28.6 Å². The van der Waals surface area contributed by atoms with Gasteiger partial charge in [-0.1, -0.05) is 0 Å². The minimum atomic E-state index is -0.695. The molecule has 4 nitrogen and oxygen atoms in total. The van der Waals surface area contributed by atoms with E-state index in [1.807, 2.05) is 6.07 Å². The third-order valence-electron chi connectivity index (χ3n) is 2.88. The van der Waals surface area contributed by atoms with Gasteiger partial charge in [-0.25, -0.2) is 0 Å². The molecule has 0 atom stereocenters. The van der Waals surface area contributed by atoms with E-state index in [4.69, 9.17) is 5.11 Å². The van der Waals surface area contributed by atoms with Gasteiger partial charge in [0.2, 0.25) is 0 Å². The standard InChI is InChI=1S/C11H13NO3S/c13-7-9-1-2-10(16-9)12-5-3-8(4-6-12)11(14)15/h1-2,7-8H,3-6H2,(H,14,15). The Labute approximate surface area is 97.5 Å². The van der Waals surface area contributed by atoms with Crippen LogP contribution in [0, 0.1) is 5.92 Å². The molecule has 0 aromatic carbocycles. The number of aliphatic carboxylic acids is 1. The van der Waals surface area contributed by atoms with Gasteiger partial charge in [-0.05, 0) is 25.0 Å². The van der Waals surface area contributed by atoms with E-state index in [1.165, 1.54) is 11.3 Å². The maximum Gasteiger partial charge on any atom is 0.306 e. The molecule has 0 amide bonds. The lowest BCUT2D eigenvalue weighted by molar-refractivity contribution is -0.142. The number of aldehydes is 1. The van der Waals surface area contributed by atoms with Crippen LogP contribution in [0.25, 0.3) is 0 Å². The van der Waals surface area contributed by atoms with Crippen molar-refractivity contribution in [1.82, 2.24) is 0 Å². The van der Waals surface area contributed by atoms with Crippen LogP contribution in [0.3, 0.4) is 0 Å². The van der Waals surface area contributed by atoms with Crippen molar-refractivity contribution in [2.24, 2.45) is 5.92 Å². The van der Waals surface area contributed by atoms with Crippen LogP contribution in [-0.2, 0) is 4.79 Å². The predicted molar refractivity (Wildman–Crippen MR) is 62.3 cm³/mol.